The van der Waals surface area contributed by atoms with Gasteiger partial charge in [0.1, 0.15) is 0 Å². The molecule has 1 amide bonds. The summed E-state index contributed by atoms with van der Waals surface area (Å²) in [4.78, 5) is 20.6. The van der Waals surface area contributed by atoms with Gasteiger partial charge in [0.05, 0.1) is 0 Å². The largest absolute Gasteiger partial charge is 0.448 e. The van der Waals surface area contributed by atoms with E-state index < -0.39 is 5.82 Å². The summed E-state index contributed by atoms with van der Waals surface area (Å²) >= 11 is 0. The second kappa shape index (κ2) is 7.44. The summed E-state index contributed by atoms with van der Waals surface area (Å²) in [6, 6.07) is 9.98. The highest BCUT2D eigenvalue weighted by molar-refractivity contribution is 5.96. The number of furan rings is 1. The van der Waals surface area contributed by atoms with Crippen LogP contribution in [0.15, 0.2) is 53.2 Å². The predicted octanol–water partition coefficient (Wildman–Crippen LogP) is 3.17. The van der Waals surface area contributed by atoms with E-state index >= 15 is 0 Å². The van der Waals surface area contributed by atoms with Crippen molar-refractivity contribution >= 4 is 16.9 Å². The number of para-hydroxylation sites is 1. The number of hydrogen-bond donors (Lipinski definition) is 0. The molecule has 0 radical (unpaired) electrons. The smallest absolute Gasteiger partial charge is 0.289 e. The first kappa shape index (κ1) is 17.1. The van der Waals surface area contributed by atoms with E-state index in [0.29, 0.717) is 25.0 Å². The standard InChI is InChI=1S/C19H20FN3O2/c1-22(2)10-11-23(13-14-6-8-21-9-7-14)19(24)17-12-15-4-3-5-16(20)18(15)25-17/h3-9,12H,10-11,13H2,1-2H3. The van der Waals surface area contributed by atoms with Crippen LogP contribution in [0.4, 0.5) is 4.39 Å². The fraction of sp³-hybridized carbons (Fsp3) is 0.263. The molecule has 0 aliphatic rings. The number of halogens is 1. The third kappa shape index (κ3) is 4.03. The van der Waals surface area contributed by atoms with Crippen LogP contribution >= 0.6 is 0 Å². The Labute approximate surface area is 145 Å². The third-order valence-corrected chi connectivity index (χ3v) is 3.93. The number of hydrogen-bond acceptors (Lipinski definition) is 4. The van der Waals surface area contributed by atoms with E-state index in [-0.39, 0.29) is 17.3 Å². The van der Waals surface area contributed by atoms with Crippen molar-refractivity contribution in [3.8, 4) is 0 Å². The molecular formula is C19H20FN3O2. The Morgan fingerprint density at radius 3 is 2.60 bits per heavy atom. The summed E-state index contributed by atoms with van der Waals surface area (Å²) in [5.74, 6) is -0.576. The van der Waals surface area contributed by atoms with Gasteiger partial charge in [-0.25, -0.2) is 4.39 Å². The zero-order chi connectivity index (χ0) is 17.8. The molecular weight excluding hydrogens is 321 g/mol. The summed E-state index contributed by atoms with van der Waals surface area (Å²) in [6.45, 7) is 1.69. The van der Waals surface area contributed by atoms with E-state index in [2.05, 4.69) is 4.98 Å². The number of benzene rings is 1. The first-order valence-electron chi connectivity index (χ1n) is 8.05. The lowest BCUT2D eigenvalue weighted by molar-refractivity contribution is 0.0702. The zero-order valence-corrected chi connectivity index (χ0v) is 14.3. The number of pyridine rings is 1. The molecule has 130 valence electrons. The number of amides is 1. The molecule has 2 aromatic heterocycles. The average molecular weight is 341 g/mol. The quantitative estimate of drug-likeness (QED) is 0.691. The molecule has 0 saturated carbocycles. The lowest BCUT2D eigenvalue weighted by Crippen LogP contribution is -2.36. The molecule has 0 unspecified atom stereocenters. The molecule has 5 nitrogen and oxygen atoms in total. The molecule has 25 heavy (non-hydrogen) atoms. The van der Waals surface area contributed by atoms with Gasteiger partial charge in [0.25, 0.3) is 5.91 Å². The molecule has 0 fully saturated rings. The number of aromatic nitrogens is 1. The second-order valence-electron chi connectivity index (χ2n) is 6.15. The molecule has 0 aliphatic heterocycles. The van der Waals surface area contributed by atoms with Crippen molar-refractivity contribution in [2.75, 3.05) is 27.2 Å². The maximum absolute atomic E-state index is 13.8. The van der Waals surface area contributed by atoms with Gasteiger partial charge in [0.2, 0.25) is 0 Å². The van der Waals surface area contributed by atoms with E-state index in [0.717, 1.165) is 5.56 Å². The maximum atomic E-state index is 13.8. The number of rotatable bonds is 6. The van der Waals surface area contributed by atoms with Gasteiger partial charge in [0, 0.05) is 37.4 Å². The number of carbonyl (C=O) groups excluding carboxylic acids is 1. The van der Waals surface area contributed by atoms with Crippen molar-refractivity contribution in [2.45, 2.75) is 6.54 Å². The van der Waals surface area contributed by atoms with E-state index in [4.69, 9.17) is 4.42 Å². The van der Waals surface area contributed by atoms with Gasteiger partial charge in [-0.05, 0) is 43.9 Å². The molecule has 0 N–H and O–H groups in total. The van der Waals surface area contributed by atoms with Crippen molar-refractivity contribution in [3.63, 3.8) is 0 Å². The first-order valence-corrected chi connectivity index (χ1v) is 8.05. The Morgan fingerprint density at radius 1 is 1.16 bits per heavy atom. The second-order valence-corrected chi connectivity index (χ2v) is 6.15. The predicted molar refractivity (Wildman–Crippen MR) is 93.7 cm³/mol. The first-order chi connectivity index (χ1) is 12.0. The number of nitrogens with zero attached hydrogens (tertiary/aromatic N) is 3. The average Bonchev–Trinajstić information content (AvgIpc) is 3.04. The Bertz CT molecular complexity index is 861. The van der Waals surface area contributed by atoms with Gasteiger partial charge < -0.3 is 14.2 Å². The summed E-state index contributed by atoms with van der Waals surface area (Å²) in [5.41, 5.74) is 1.09. The number of carbonyl (C=O) groups is 1. The van der Waals surface area contributed by atoms with E-state index in [1.807, 2.05) is 31.1 Å². The number of fused-ring (bicyclic) bond motifs is 1. The van der Waals surface area contributed by atoms with Crippen LogP contribution in [0.5, 0.6) is 0 Å². The van der Waals surface area contributed by atoms with Gasteiger partial charge in [-0.2, -0.15) is 0 Å². The van der Waals surface area contributed by atoms with Crippen LogP contribution < -0.4 is 0 Å². The lowest BCUT2D eigenvalue weighted by atomic mass is 10.2. The van der Waals surface area contributed by atoms with Crippen LogP contribution in [0.2, 0.25) is 0 Å². The van der Waals surface area contributed by atoms with Crippen LogP contribution in [0, 0.1) is 5.82 Å². The fourth-order valence-corrected chi connectivity index (χ4v) is 2.57. The minimum atomic E-state index is -0.467. The molecule has 3 aromatic rings. The highest BCUT2D eigenvalue weighted by Gasteiger charge is 2.21. The summed E-state index contributed by atoms with van der Waals surface area (Å²) in [5, 5.41) is 0.583. The third-order valence-electron chi connectivity index (χ3n) is 3.93. The van der Waals surface area contributed by atoms with Crippen LogP contribution in [0.25, 0.3) is 11.0 Å². The van der Waals surface area contributed by atoms with Crippen molar-refractivity contribution in [1.82, 2.24) is 14.8 Å². The van der Waals surface area contributed by atoms with Crippen LogP contribution in [-0.4, -0.2) is 47.9 Å². The number of likely N-dealkylation sites (N-methyl/N-ethyl adjacent to an activating group) is 1. The monoisotopic (exact) mass is 341 g/mol. The van der Waals surface area contributed by atoms with E-state index in [1.165, 1.54) is 6.07 Å². The summed E-state index contributed by atoms with van der Waals surface area (Å²) in [6.07, 6.45) is 3.39. The lowest BCUT2D eigenvalue weighted by Gasteiger charge is -2.23. The van der Waals surface area contributed by atoms with Crippen molar-refractivity contribution in [3.05, 3.63) is 65.9 Å². The molecule has 1 aromatic carbocycles. The minimum absolute atomic E-state index is 0.113. The topological polar surface area (TPSA) is 49.6 Å². The molecule has 0 aliphatic carbocycles. The maximum Gasteiger partial charge on any atom is 0.289 e. The Balaban J connectivity index is 1.87. The van der Waals surface area contributed by atoms with Gasteiger partial charge in [-0.1, -0.05) is 12.1 Å². The van der Waals surface area contributed by atoms with Crippen LogP contribution in [0.3, 0.4) is 0 Å². The zero-order valence-electron chi connectivity index (χ0n) is 14.3. The SMILES string of the molecule is CN(C)CCN(Cc1ccncc1)C(=O)c1cc2cccc(F)c2o1. The van der Waals surface area contributed by atoms with Gasteiger partial charge in [-0.15, -0.1) is 0 Å². The van der Waals surface area contributed by atoms with Crippen molar-refractivity contribution < 1.29 is 13.6 Å². The van der Waals surface area contributed by atoms with Gasteiger partial charge in [0.15, 0.2) is 17.2 Å². The minimum Gasteiger partial charge on any atom is -0.448 e. The molecule has 2 heterocycles. The van der Waals surface area contributed by atoms with Crippen molar-refractivity contribution in [1.29, 1.82) is 0 Å². The van der Waals surface area contributed by atoms with Crippen LogP contribution in [-0.2, 0) is 6.54 Å². The van der Waals surface area contributed by atoms with Crippen LogP contribution in [0.1, 0.15) is 16.1 Å². The fourth-order valence-electron chi connectivity index (χ4n) is 2.57. The van der Waals surface area contributed by atoms with E-state index in [1.54, 1.807) is 35.5 Å². The Kier molecular flexibility index (Phi) is 5.09. The Hall–Kier alpha value is -2.73. The molecule has 0 spiro atoms. The highest BCUT2D eigenvalue weighted by Crippen LogP contribution is 2.23. The normalized spacial score (nSPS) is 11.2. The highest BCUT2D eigenvalue weighted by atomic mass is 19.1. The van der Waals surface area contributed by atoms with E-state index in [9.17, 15) is 9.18 Å². The molecule has 0 atom stereocenters. The summed E-state index contributed by atoms with van der Waals surface area (Å²) < 4.78 is 19.3. The molecule has 0 bridgehead atoms. The molecule has 0 saturated heterocycles. The van der Waals surface area contributed by atoms with Gasteiger partial charge in [-0.3, -0.25) is 9.78 Å². The molecule has 3 rings (SSSR count). The molecule has 6 heteroatoms. The van der Waals surface area contributed by atoms with Crippen molar-refractivity contribution in [2.24, 2.45) is 0 Å². The summed E-state index contributed by atoms with van der Waals surface area (Å²) in [7, 11) is 3.90. The van der Waals surface area contributed by atoms with Gasteiger partial charge >= 0.3 is 0 Å². The Morgan fingerprint density at radius 2 is 1.92 bits per heavy atom.